The Hall–Kier alpha value is -1.75. The highest BCUT2D eigenvalue weighted by atomic mass is 16.5. The second kappa shape index (κ2) is 10.7. The van der Waals surface area contributed by atoms with Gasteiger partial charge in [-0.1, -0.05) is 37.5 Å². The molecular formula is C26H41N3O2. The van der Waals surface area contributed by atoms with Gasteiger partial charge in [0.15, 0.2) is 0 Å². The van der Waals surface area contributed by atoms with E-state index in [0.717, 1.165) is 51.4 Å². The van der Waals surface area contributed by atoms with Crippen molar-refractivity contribution in [3.63, 3.8) is 0 Å². The molecule has 3 aliphatic rings. The number of amides is 2. The van der Waals surface area contributed by atoms with Crippen LogP contribution >= 0.6 is 0 Å². The molecule has 3 fully saturated rings. The summed E-state index contributed by atoms with van der Waals surface area (Å²) in [5.41, 5.74) is 1.38. The minimum absolute atomic E-state index is 0.212. The summed E-state index contributed by atoms with van der Waals surface area (Å²) in [5.74, 6) is 1.65. The average Bonchev–Trinajstić information content (AvgIpc) is 3.15. The lowest BCUT2D eigenvalue weighted by Gasteiger charge is -2.33. The van der Waals surface area contributed by atoms with Gasteiger partial charge in [-0.25, -0.2) is 4.79 Å². The Kier molecular flexibility index (Phi) is 7.76. The molecule has 2 heterocycles. The number of hydrogen-bond donors (Lipinski definition) is 0. The maximum atomic E-state index is 12.8. The smallest absolute Gasteiger partial charge is 0.320 e. The predicted molar refractivity (Wildman–Crippen MR) is 126 cm³/mol. The number of carbonyl (C=O) groups is 1. The molecule has 0 aromatic heterocycles. The van der Waals surface area contributed by atoms with E-state index < -0.39 is 0 Å². The Morgan fingerprint density at radius 1 is 0.935 bits per heavy atom. The minimum atomic E-state index is 0.212. The van der Waals surface area contributed by atoms with Crippen LogP contribution in [-0.4, -0.2) is 72.1 Å². The molecule has 2 aliphatic heterocycles. The van der Waals surface area contributed by atoms with Gasteiger partial charge in [-0.15, -0.1) is 0 Å². The highest BCUT2D eigenvalue weighted by molar-refractivity contribution is 5.76. The summed E-state index contributed by atoms with van der Waals surface area (Å²) in [6.45, 7) is 10.3. The number of nitrogens with zero attached hydrogens (tertiary/aromatic N) is 3. The molecule has 31 heavy (non-hydrogen) atoms. The van der Waals surface area contributed by atoms with Crippen molar-refractivity contribution in [2.75, 3.05) is 39.3 Å². The SMILES string of the molecule is CC(C)Oc1ccccc1C1CCN(CCCN2CCN(C3CCCCC3)C2=O)CC1. The molecule has 4 rings (SSSR count). The minimum Gasteiger partial charge on any atom is -0.491 e. The van der Waals surface area contributed by atoms with Gasteiger partial charge in [0.25, 0.3) is 0 Å². The summed E-state index contributed by atoms with van der Waals surface area (Å²) in [4.78, 5) is 19.7. The second-order valence-electron chi connectivity index (χ2n) is 9.93. The maximum Gasteiger partial charge on any atom is 0.320 e. The lowest BCUT2D eigenvalue weighted by atomic mass is 9.88. The Morgan fingerprint density at radius 3 is 2.42 bits per heavy atom. The topological polar surface area (TPSA) is 36.0 Å². The van der Waals surface area contributed by atoms with Crippen LogP contribution in [0.1, 0.15) is 76.7 Å². The summed E-state index contributed by atoms with van der Waals surface area (Å²) in [6, 6.07) is 9.38. The first-order chi connectivity index (χ1) is 15.1. The van der Waals surface area contributed by atoms with Crippen molar-refractivity contribution < 1.29 is 9.53 Å². The fourth-order valence-corrected chi connectivity index (χ4v) is 5.67. The van der Waals surface area contributed by atoms with Gasteiger partial charge in [0.2, 0.25) is 0 Å². The highest BCUT2D eigenvalue weighted by Gasteiger charge is 2.33. The van der Waals surface area contributed by atoms with Crippen molar-refractivity contribution in [3.8, 4) is 5.75 Å². The van der Waals surface area contributed by atoms with Crippen LogP contribution in [0.2, 0.25) is 0 Å². The third-order valence-corrected chi connectivity index (χ3v) is 7.35. The van der Waals surface area contributed by atoms with E-state index in [2.05, 4.69) is 52.8 Å². The van der Waals surface area contributed by atoms with Crippen LogP contribution in [0.5, 0.6) is 5.75 Å². The Bertz CT molecular complexity index is 708. The maximum absolute atomic E-state index is 12.8. The number of carbonyl (C=O) groups excluding carboxylic acids is 1. The summed E-state index contributed by atoms with van der Waals surface area (Å²) in [7, 11) is 0. The fourth-order valence-electron chi connectivity index (χ4n) is 5.67. The van der Waals surface area contributed by atoms with E-state index in [1.54, 1.807) is 0 Å². The highest BCUT2D eigenvalue weighted by Crippen LogP contribution is 2.34. The number of urea groups is 1. The largest absolute Gasteiger partial charge is 0.491 e. The molecule has 0 atom stereocenters. The van der Waals surface area contributed by atoms with Crippen LogP contribution in [0, 0.1) is 0 Å². The monoisotopic (exact) mass is 427 g/mol. The zero-order chi connectivity index (χ0) is 21.6. The second-order valence-corrected chi connectivity index (χ2v) is 9.93. The van der Waals surface area contributed by atoms with E-state index in [-0.39, 0.29) is 6.10 Å². The van der Waals surface area contributed by atoms with Crippen LogP contribution in [-0.2, 0) is 0 Å². The summed E-state index contributed by atoms with van der Waals surface area (Å²) in [6.07, 6.45) is 10.0. The lowest BCUT2D eigenvalue weighted by molar-refractivity contribution is 0.159. The Morgan fingerprint density at radius 2 is 1.68 bits per heavy atom. The number of benzene rings is 1. The Labute approximate surface area is 188 Å². The number of rotatable bonds is 8. The van der Waals surface area contributed by atoms with Gasteiger partial charge in [0, 0.05) is 25.7 Å². The fraction of sp³-hybridized carbons (Fsp3) is 0.731. The van der Waals surface area contributed by atoms with Gasteiger partial charge >= 0.3 is 6.03 Å². The van der Waals surface area contributed by atoms with E-state index >= 15 is 0 Å². The van der Waals surface area contributed by atoms with Crippen LogP contribution in [0.15, 0.2) is 24.3 Å². The molecule has 1 saturated carbocycles. The summed E-state index contributed by atoms with van der Waals surface area (Å²) >= 11 is 0. The first kappa shape index (κ1) is 22.4. The first-order valence-corrected chi connectivity index (χ1v) is 12.7. The number of likely N-dealkylation sites (tertiary alicyclic amines) is 1. The van der Waals surface area contributed by atoms with Gasteiger partial charge in [-0.3, -0.25) is 0 Å². The average molecular weight is 428 g/mol. The van der Waals surface area contributed by atoms with E-state index in [1.165, 1.54) is 50.5 Å². The zero-order valence-electron chi connectivity index (χ0n) is 19.6. The third kappa shape index (κ3) is 5.74. The molecule has 1 aliphatic carbocycles. The molecule has 0 unspecified atom stereocenters. The third-order valence-electron chi connectivity index (χ3n) is 7.35. The molecule has 172 valence electrons. The van der Waals surface area contributed by atoms with Crippen molar-refractivity contribution in [1.29, 1.82) is 0 Å². The molecule has 2 amide bonds. The molecule has 0 spiro atoms. The quantitative estimate of drug-likeness (QED) is 0.578. The van der Waals surface area contributed by atoms with Crippen LogP contribution in [0.25, 0.3) is 0 Å². The molecular weight excluding hydrogens is 386 g/mol. The standard InChI is InChI=1S/C26H41N3O2/c1-21(2)31-25-12-7-6-11-24(25)22-13-17-27(18-14-22)15-8-16-28-19-20-29(26(28)30)23-9-4-3-5-10-23/h6-7,11-12,21-23H,3-5,8-10,13-20H2,1-2H3. The predicted octanol–water partition coefficient (Wildman–Crippen LogP) is 5.11. The number of ether oxygens (including phenoxy) is 1. The molecule has 1 aromatic rings. The first-order valence-electron chi connectivity index (χ1n) is 12.7. The molecule has 2 saturated heterocycles. The van der Waals surface area contributed by atoms with E-state index in [0.29, 0.717) is 18.0 Å². The summed E-state index contributed by atoms with van der Waals surface area (Å²) < 4.78 is 6.05. The van der Waals surface area contributed by atoms with Crippen LogP contribution in [0.4, 0.5) is 4.79 Å². The number of hydrogen-bond acceptors (Lipinski definition) is 3. The van der Waals surface area contributed by atoms with Crippen LogP contribution in [0.3, 0.4) is 0 Å². The molecule has 5 heteroatoms. The summed E-state index contributed by atoms with van der Waals surface area (Å²) in [5, 5.41) is 0. The van der Waals surface area contributed by atoms with Gasteiger partial charge in [0.1, 0.15) is 5.75 Å². The van der Waals surface area contributed by atoms with E-state index in [4.69, 9.17) is 4.74 Å². The van der Waals surface area contributed by atoms with E-state index in [9.17, 15) is 4.79 Å². The van der Waals surface area contributed by atoms with Crippen molar-refractivity contribution >= 4 is 6.03 Å². The van der Waals surface area contributed by atoms with Gasteiger partial charge in [0.05, 0.1) is 6.10 Å². The lowest BCUT2D eigenvalue weighted by Crippen LogP contribution is -2.41. The molecule has 0 N–H and O–H groups in total. The molecule has 0 bridgehead atoms. The Balaban J connectivity index is 1.19. The molecule has 5 nitrogen and oxygen atoms in total. The van der Waals surface area contributed by atoms with Gasteiger partial charge in [-0.2, -0.15) is 0 Å². The number of piperidine rings is 1. The molecule has 0 radical (unpaired) electrons. The van der Waals surface area contributed by atoms with Crippen molar-refractivity contribution in [2.24, 2.45) is 0 Å². The van der Waals surface area contributed by atoms with Crippen LogP contribution < -0.4 is 4.74 Å². The van der Waals surface area contributed by atoms with Gasteiger partial charge in [-0.05, 0) is 83.1 Å². The normalized spacial score (nSPS) is 22.0. The van der Waals surface area contributed by atoms with Crippen molar-refractivity contribution in [3.05, 3.63) is 29.8 Å². The number of para-hydroxylation sites is 1. The molecule has 1 aromatic carbocycles. The van der Waals surface area contributed by atoms with Gasteiger partial charge < -0.3 is 19.4 Å². The van der Waals surface area contributed by atoms with E-state index in [1.807, 2.05) is 0 Å². The van der Waals surface area contributed by atoms with Crippen molar-refractivity contribution in [2.45, 2.75) is 83.3 Å². The van der Waals surface area contributed by atoms with Crippen molar-refractivity contribution in [1.82, 2.24) is 14.7 Å². The zero-order valence-corrected chi connectivity index (χ0v) is 19.6.